The van der Waals surface area contributed by atoms with Crippen molar-refractivity contribution in [2.75, 3.05) is 33.9 Å². The van der Waals surface area contributed by atoms with Crippen LogP contribution in [0.15, 0.2) is 16.8 Å². The van der Waals surface area contributed by atoms with Crippen LogP contribution in [0.2, 0.25) is 0 Å². The van der Waals surface area contributed by atoms with Gasteiger partial charge < -0.3 is 14.4 Å². The maximum absolute atomic E-state index is 11.9. The van der Waals surface area contributed by atoms with Gasteiger partial charge in [-0.3, -0.25) is 10.1 Å². The third kappa shape index (κ3) is 2.89. The molecule has 1 aromatic rings. The molecule has 0 spiro atoms. The summed E-state index contributed by atoms with van der Waals surface area (Å²) in [6, 6.07) is 2.03. The first-order valence-electron chi connectivity index (χ1n) is 5.83. The fraction of sp³-hybridized carbons (Fsp3) is 0.583. The summed E-state index contributed by atoms with van der Waals surface area (Å²) >= 11 is 1.63. The first-order valence-corrected chi connectivity index (χ1v) is 6.77. The average Bonchev–Trinajstić information content (AvgIpc) is 2.99. The Hall–Kier alpha value is -0.950. The molecule has 1 aliphatic rings. The summed E-state index contributed by atoms with van der Waals surface area (Å²) in [7, 11) is 3.27. The first kappa shape index (κ1) is 13.5. The molecule has 0 saturated carbocycles. The van der Waals surface area contributed by atoms with Gasteiger partial charge in [0, 0.05) is 14.2 Å². The second-order valence-corrected chi connectivity index (χ2v) is 4.98. The maximum atomic E-state index is 11.9. The Morgan fingerprint density at radius 2 is 2.44 bits per heavy atom. The molecule has 0 radical (unpaired) electrons. The third-order valence-electron chi connectivity index (χ3n) is 3.02. The van der Waals surface area contributed by atoms with Crippen LogP contribution in [0.3, 0.4) is 0 Å². The second-order valence-electron chi connectivity index (χ2n) is 4.20. The third-order valence-corrected chi connectivity index (χ3v) is 3.73. The van der Waals surface area contributed by atoms with E-state index in [-0.39, 0.29) is 18.2 Å². The van der Waals surface area contributed by atoms with Crippen LogP contribution in [-0.4, -0.2) is 50.8 Å². The highest BCUT2D eigenvalue weighted by Crippen LogP contribution is 2.24. The zero-order chi connectivity index (χ0) is 13.0. The summed E-state index contributed by atoms with van der Waals surface area (Å²) in [5.41, 5.74) is 1.12. The van der Waals surface area contributed by atoms with E-state index in [0.717, 1.165) is 5.56 Å². The number of amides is 1. The van der Waals surface area contributed by atoms with E-state index in [1.807, 2.05) is 16.3 Å². The summed E-state index contributed by atoms with van der Waals surface area (Å²) in [6.45, 7) is 1.40. The van der Waals surface area contributed by atoms with Gasteiger partial charge in [0.15, 0.2) is 0 Å². The average molecular weight is 270 g/mol. The monoisotopic (exact) mass is 270 g/mol. The molecule has 1 aromatic heterocycles. The van der Waals surface area contributed by atoms with Crippen molar-refractivity contribution >= 4 is 17.2 Å². The molecule has 1 amide bonds. The van der Waals surface area contributed by atoms with Gasteiger partial charge in [0.25, 0.3) is 0 Å². The zero-order valence-corrected chi connectivity index (χ0v) is 11.4. The highest BCUT2D eigenvalue weighted by atomic mass is 32.1. The molecule has 0 aromatic carbocycles. The van der Waals surface area contributed by atoms with E-state index < -0.39 is 0 Å². The van der Waals surface area contributed by atoms with E-state index >= 15 is 0 Å². The van der Waals surface area contributed by atoms with Gasteiger partial charge in [-0.25, -0.2) is 0 Å². The topological polar surface area (TPSA) is 50.8 Å². The molecule has 0 bridgehead atoms. The smallest absolute Gasteiger partial charge is 0.238 e. The number of ether oxygens (including phenoxy) is 2. The normalized spacial score (nSPS) is 21.6. The summed E-state index contributed by atoms with van der Waals surface area (Å²) in [6.07, 6.45) is -0.141. The molecular weight excluding hydrogens is 252 g/mol. The first-order chi connectivity index (χ1) is 8.76. The van der Waals surface area contributed by atoms with Crippen molar-refractivity contribution in [2.45, 2.75) is 12.3 Å². The van der Waals surface area contributed by atoms with E-state index in [0.29, 0.717) is 19.7 Å². The SMILES string of the molecule is COCC(CN1C(=O)CNC1c1ccsc1)OC. The van der Waals surface area contributed by atoms with Gasteiger partial charge in [0.2, 0.25) is 5.91 Å². The number of hydrogen-bond acceptors (Lipinski definition) is 5. The van der Waals surface area contributed by atoms with Crippen molar-refractivity contribution in [1.82, 2.24) is 10.2 Å². The lowest BCUT2D eigenvalue weighted by atomic mass is 10.2. The van der Waals surface area contributed by atoms with Gasteiger partial charge in [-0.15, -0.1) is 0 Å². The van der Waals surface area contributed by atoms with E-state index in [4.69, 9.17) is 9.47 Å². The number of carbonyl (C=O) groups excluding carboxylic acids is 1. The van der Waals surface area contributed by atoms with Gasteiger partial charge in [0.1, 0.15) is 6.17 Å². The van der Waals surface area contributed by atoms with Gasteiger partial charge in [-0.05, 0) is 22.4 Å². The van der Waals surface area contributed by atoms with Crippen LogP contribution in [-0.2, 0) is 14.3 Å². The zero-order valence-electron chi connectivity index (χ0n) is 10.6. The van der Waals surface area contributed by atoms with Crippen LogP contribution in [0.4, 0.5) is 0 Å². The predicted molar refractivity (Wildman–Crippen MR) is 69.4 cm³/mol. The summed E-state index contributed by atoms with van der Waals surface area (Å²) in [4.78, 5) is 13.7. The molecule has 1 N–H and O–H groups in total. The van der Waals surface area contributed by atoms with E-state index in [9.17, 15) is 4.79 Å². The van der Waals surface area contributed by atoms with Crippen molar-refractivity contribution < 1.29 is 14.3 Å². The Bertz CT molecular complexity index is 383. The Morgan fingerprint density at radius 1 is 1.61 bits per heavy atom. The Kier molecular flexibility index (Phi) is 4.71. The summed E-state index contributed by atoms with van der Waals surface area (Å²) in [5.74, 6) is 0.101. The number of nitrogens with zero attached hydrogens (tertiary/aromatic N) is 1. The Morgan fingerprint density at radius 3 is 3.06 bits per heavy atom. The fourth-order valence-electron chi connectivity index (χ4n) is 2.08. The van der Waals surface area contributed by atoms with E-state index in [2.05, 4.69) is 10.7 Å². The van der Waals surface area contributed by atoms with Crippen molar-refractivity contribution in [3.05, 3.63) is 22.4 Å². The summed E-state index contributed by atoms with van der Waals surface area (Å²) in [5, 5.41) is 7.29. The van der Waals surface area contributed by atoms with Crippen LogP contribution < -0.4 is 5.32 Å². The molecule has 2 heterocycles. The van der Waals surface area contributed by atoms with Gasteiger partial charge in [-0.2, -0.15) is 11.3 Å². The van der Waals surface area contributed by atoms with Gasteiger partial charge >= 0.3 is 0 Å². The number of thiophene rings is 1. The largest absolute Gasteiger partial charge is 0.382 e. The lowest BCUT2D eigenvalue weighted by molar-refractivity contribution is -0.130. The van der Waals surface area contributed by atoms with Crippen LogP contribution in [0, 0.1) is 0 Å². The Balaban J connectivity index is 2.05. The fourth-order valence-corrected chi connectivity index (χ4v) is 2.75. The molecule has 0 aliphatic carbocycles. The summed E-state index contributed by atoms with van der Waals surface area (Å²) < 4.78 is 10.4. The minimum absolute atomic E-state index is 0.0433. The number of methoxy groups -OCH3 is 2. The van der Waals surface area contributed by atoms with E-state index in [1.54, 1.807) is 25.6 Å². The van der Waals surface area contributed by atoms with Gasteiger partial charge in [-0.1, -0.05) is 0 Å². The van der Waals surface area contributed by atoms with Crippen molar-refractivity contribution in [3.63, 3.8) is 0 Å². The Labute approximate surface area is 111 Å². The number of hydrogen-bond donors (Lipinski definition) is 1. The molecule has 2 atom stereocenters. The maximum Gasteiger partial charge on any atom is 0.238 e. The molecule has 2 unspecified atom stereocenters. The van der Waals surface area contributed by atoms with Crippen LogP contribution >= 0.6 is 11.3 Å². The molecule has 1 aliphatic heterocycles. The number of rotatable bonds is 6. The van der Waals surface area contributed by atoms with Crippen LogP contribution in [0.5, 0.6) is 0 Å². The molecule has 6 heteroatoms. The van der Waals surface area contributed by atoms with Crippen LogP contribution in [0.1, 0.15) is 11.7 Å². The minimum atomic E-state index is -0.0972. The highest BCUT2D eigenvalue weighted by Gasteiger charge is 2.33. The van der Waals surface area contributed by atoms with E-state index in [1.165, 1.54) is 0 Å². The quantitative estimate of drug-likeness (QED) is 0.832. The molecular formula is C12H18N2O3S. The molecule has 2 rings (SSSR count). The molecule has 18 heavy (non-hydrogen) atoms. The lowest BCUT2D eigenvalue weighted by Crippen LogP contribution is -2.39. The van der Waals surface area contributed by atoms with Crippen molar-refractivity contribution in [2.24, 2.45) is 0 Å². The van der Waals surface area contributed by atoms with Gasteiger partial charge in [0.05, 0.1) is 25.8 Å². The highest BCUT2D eigenvalue weighted by molar-refractivity contribution is 7.07. The second kappa shape index (κ2) is 6.29. The minimum Gasteiger partial charge on any atom is -0.382 e. The van der Waals surface area contributed by atoms with Crippen molar-refractivity contribution in [1.29, 1.82) is 0 Å². The van der Waals surface area contributed by atoms with Crippen LogP contribution in [0.25, 0.3) is 0 Å². The number of nitrogens with one attached hydrogen (secondary N) is 1. The molecule has 5 nitrogen and oxygen atoms in total. The molecule has 100 valence electrons. The molecule has 1 saturated heterocycles. The predicted octanol–water partition coefficient (Wildman–Crippen LogP) is 0.840. The van der Waals surface area contributed by atoms with Crippen molar-refractivity contribution in [3.8, 4) is 0 Å². The lowest BCUT2D eigenvalue weighted by Gasteiger charge is -2.27. The molecule has 1 fully saturated rings. The number of carbonyl (C=O) groups is 1. The standard InChI is InChI=1S/C12H18N2O3S/c1-16-7-10(17-2)6-14-11(15)5-13-12(14)9-3-4-18-8-9/h3-4,8,10,12-13H,5-7H2,1-2H3.